The van der Waals surface area contributed by atoms with Crippen molar-refractivity contribution < 1.29 is 9.59 Å². The van der Waals surface area contributed by atoms with E-state index in [4.69, 9.17) is 0 Å². The molecule has 2 amide bonds. The van der Waals surface area contributed by atoms with E-state index >= 15 is 0 Å². The van der Waals surface area contributed by atoms with E-state index in [2.05, 4.69) is 60.3 Å². The topological polar surface area (TPSA) is 40.6 Å². The quantitative estimate of drug-likeness (QED) is 0.451. The molecule has 0 saturated carbocycles. The van der Waals surface area contributed by atoms with Crippen LogP contribution in [-0.4, -0.2) is 47.3 Å². The van der Waals surface area contributed by atoms with E-state index in [0.717, 1.165) is 38.4 Å². The summed E-state index contributed by atoms with van der Waals surface area (Å²) in [5.41, 5.74) is 0. The molecule has 2 fully saturated rings. The number of likely N-dealkylation sites (tertiary alicyclic amines) is 2. The first-order valence-electron chi connectivity index (χ1n) is 13.2. The Kier molecular flexibility index (Phi) is 16.9. The van der Waals surface area contributed by atoms with Crippen LogP contribution >= 0.6 is 0 Å². The average molecular weight is 439 g/mol. The molecule has 2 aliphatic heterocycles. The fraction of sp³-hybridized carbons (Fsp3) is 0.926. The zero-order valence-electron chi connectivity index (χ0n) is 22.2. The van der Waals surface area contributed by atoms with Crippen molar-refractivity contribution in [1.29, 1.82) is 0 Å². The molecule has 2 rings (SSSR count). The summed E-state index contributed by atoms with van der Waals surface area (Å²) in [6.45, 7) is 20.3. The molecule has 0 aromatic rings. The Labute approximate surface area is 194 Å². The van der Waals surface area contributed by atoms with E-state index in [1.165, 1.54) is 44.9 Å². The van der Waals surface area contributed by atoms with Crippen LogP contribution in [0.5, 0.6) is 0 Å². The van der Waals surface area contributed by atoms with Gasteiger partial charge in [-0.1, -0.05) is 67.7 Å². The van der Waals surface area contributed by atoms with Crippen molar-refractivity contribution in [3.63, 3.8) is 0 Å². The van der Waals surface area contributed by atoms with Crippen molar-refractivity contribution >= 4 is 11.8 Å². The Balaban J connectivity index is 0.000000497. The fourth-order valence-electron chi connectivity index (χ4n) is 3.76. The first kappa shape index (κ1) is 29.9. The van der Waals surface area contributed by atoms with E-state index in [0.29, 0.717) is 36.1 Å². The third-order valence-corrected chi connectivity index (χ3v) is 6.56. The maximum atomic E-state index is 11.9. The first-order chi connectivity index (χ1) is 14.7. The average Bonchev–Trinajstić information content (AvgIpc) is 2.74. The second-order valence-corrected chi connectivity index (χ2v) is 10.3. The van der Waals surface area contributed by atoms with E-state index < -0.39 is 0 Å². The standard InChI is InChI=1S/C12H23NO.C11H21NO.C4H10/c1-4-10(2)9-12(14)13-8-6-5-7-11(13)3;1-9(2)8-11(13)12-6-4-10(3)5-7-12;1-3-4-2/h10-11H,4-9H2,1-3H3;9-10H,4-8H2,1-3H3;3-4H2,1-2H3/t10?,11-;;/m1../s1. The monoisotopic (exact) mass is 438 g/mol. The molecule has 0 spiro atoms. The number of carbonyl (C=O) groups is 2. The van der Waals surface area contributed by atoms with Crippen LogP contribution in [0.2, 0.25) is 0 Å². The minimum atomic E-state index is 0.349. The Morgan fingerprint density at radius 3 is 1.84 bits per heavy atom. The molecular weight excluding hydrogens is 384 g/mol. The Bertz CT molecular complexity index is 468. The Morgan fingerprint density at radius 1 is 0.806 bits per heavy atom. The molecule has 2 atom stereocenters. The molecule has 0 radical (unpaired) electrons. The lowest BCUT2D eigenvalue weighted by Gasteiger charge is -2.34. The summed E-state index contributed by atoms with van der Waals surface area (Å²) in [5.74, 6) is 2.56. The van der Waals surface area contributed by atoms with E-state index in [1.54, 1.807) is 0 Å². The molecule has 4 nitrogen and oxygen atoms in total. The number of carbonyl (C=O) groups excluding carboxylic acids is 2. The first-order valence-corrected chi connectivity index (χ1v) is 13.2. The number of unbranched alkanes of at least 4 members (excludes halogenated alkanes) is 1. The molecule has 184 valence electrons. The fourth-order valence-corrected chi connectivity index (χ4v) is 3.76. The summed E-state index contributed by atoms with van der Waals surface area (Å²) < 4.78 is 0. The zero-order chi connectivity index (χ0) is 23.8. The Hall–Kier alpha value is -1.06. The van der Waals surface area contributed by atoms with E-state index in [9.17, 15) is 9.59 Å². The van der Waals surface area contributed by atoms with Gasteiger partial charge in [0.05, 0.1) is 0 Å². The largest absolute Gasteiger partial charge is 0.343 e. The van der Waals surface area contributed by atoms with Crippen molar-refractivity contribution in [2.75, 3.05) is 19.6 Å². The number of nitrogens with zero attached hydrogens (tertiary/aromatic N) is 2. The molecule has 0 aliphatic carbocycles. The predicted octanol–water partition coefficient (Wildman–Crippen LogP) is 6.92. The number of hydrogen-bond acceptors (Lipinski definition) is 2. The highest BCUT2D eigenvalue weighted by molar-refractivity contribution is 5.77. The summed E-state index contributed by atoms with van der Waals surface area (Å²) in [4.78, 5) is 27.7. The lowest BCUT2D eigenvalue weighted by molar-refractivity contribution is -0.135. The van der Waals surface area contributed by atoms with Gasteiger partial charge in [-0.25, -0.2) is 0 Å². The van der Waals surface area contributed by atoms with Gasteiger partial charge in [-0.05, 0) is 56.8 Å². The molecule has 0 bridgehead atoms. The molecule has 0 aromatic heterocycles. The highest BCUT2D eigenvalue weighted by atomic mass is 16.2. The van der Waals surface area contributed by atoms with Gasteiger partial charge in [0.15, 0.2) is 0 Å². The summed E-state index contributed by atoms with van der Waals surface area (Å²) in [7, 11) is 0. The zero-order valence-corrected chi connectivity index (χ0v) is 22.2. The summed E-state index contributed by atoms with van der Waals surface area (Å²) in [5, 5.41) is 0. The van der Waals surface area contributed by atoms with Crippen LogP contribution in [0.1, 0.15) is 120 Å². The number of piperidine rings is 2. The third-order valence-electron chi connectivity index (χ3n) is 6.56. The molecule has 2 saturated heterocycles. The van der Waals surface area contributed by atoms with Gasteiger partial charge in [0.2, 0.25) is 11.8 Å². The van der Waals surface area contributed by atoms with Crippen LogP contribution < -0.4 is 0 Å². The summed E-state index contributed by atoms with van der Waals surface area (Å²) in [6, 6.07) is 0.473. The molecule has 0 aromatic carbocycles. The molecule has 4 heteroatoms. The van der Waals surface area contributed by atoms with Gasteiger partial charge in [-0.15, -0.1) is 0 Å². The lowest BCUT2D eigenvalue weighted by Crippen LogP contribution is -2.42. The van der Waals surface area contributed by atoms with Crippen molar-refractivity contribution in [2.24, 2.45) is 17.8 Å². The lowest BCUT2D eigenvalue weighted by atomic mass is 9.98. The van der Waals surface area contributed by atoms with Crippen molar-refractivity contribution in [1.82, 2.24) is 9.80 Å². The Morgan fingerprint density at radius 2 is 1.39 bits per heavy atom. The third kappa shape index (κ3) is 13.9. The molecule has 31 heavy (non-hydrogen) atoms. The minimum Gasteiger partial charge on any atom is -0.343 e. The smallest absolute Gasteiger partial charge is 0.223 e. The van der Waals surface area contributed by atoms with Crippen molar-refractivity contribution in [2.45, 2.75) is 126 Å². The van der Waals surface area contributed by atoms with Gasteiger partial charge in [0, 0.05) is 38.5 Å². The molecular formula is C27H54N2O2. The molecule has 1 unspecified atom stereocenters. The number of amides is 2. The normalized spacial score (nSPS) is 20.4. The van der Waals surface area contributed by atoms with Crippen molar-refractivity contribution in [3.05, 3.63) is 0 Å². The van der Waals surface area contributed by atoms with E-state index in [-0.39, 0.29) is 0 Å². The second-order valence-electron chi connectivity index (χ2n) is 10.3. The van der Waals surface area contributed by atoms with Gasteiger partial charge in [-0.2, -0.15) is 0 Å². The minimum absolute atomic E-state index is 0.349. The van der Waals surface area contributed by atoms with Crippen LogP contribution in [0.3, 0.4) is 0 Å². The van der Waals surface area contributed by atoms with Crippen molar-refractivity contribution in [3.8, 4) is 0 Å². The highest BCUT2D eigenvalue weighted by Gasteiger charge is 2.23. The van der Waals surface area contributed by atoms with Gasteiger partial charge in [0.25, 0.3) is 0 Å². The predicted molar refractivity (Wildman–Crippen MR) is 134 cm³/mol. The highest BCUT2D eigenvalue weighted by Crippen LogP contribution is 2.19. The maximum absolute atomic E-state index is 11.9. The van der Waals surface area contributed by atoms with Gasteiger partial charge < -0.3 is 9.80 Å². The van der Waals surface area contributed by atoms with Crippen LogP contribution in [0.4, 0.5) is 0 Å². The maximum Gasteiger partial charge on any atom is 0.223 e. The van der Waals surface area contributed by atoms with Crippen LogP contribution in [0, 0.1) is 17.8 Å². The second kappa shape index (κ2) is 17.5. The van der Waals surface area contributed by atoms with Gasteiger partial charge in [0.1, 0.15) is 0 Å². The van der Waals surface area contributed by atoms with Gasteiger partial charge in [-0.3, -0.25) is 9.59 Å². The number of hydrogen-bond donors (Lipinski definition) is 0. The SMILES string of the molecule is CC(C)CC(=O)N1CCC(C)CC1.CCC(C)CC(=O)N1CCCC[C@H]1C.CCCC. The van der Waals surface area contributed by atoms with Crippen LogP contribution in [0.15, 0.2) is 0 Å². The molecule has 2 heterocycles. The molecule has 2 aliphatic rings. The van der Waals surface area contributed by atoms with E-state index in [1.807, 2.05) is 4.90 Å². The van der Waals surface area contributed by atoms with Crippen LogP contribution in [0.25, 0.3) is 0 Å². The van der Waals surface area contributed by atoms with Gasteiger partial charge >= 0.3 is 0 Å². The summed E-state index contributed by atoms with van der Waals surface area (Å²) >= 11 is 0. The van der Waals surface area contributed by atoms with Crippen LogP contribution in [-0.2, 0) is 9.59 Å². The number of rotatable bonds is 6. The summed E-state index contributed by atoms with van der Waals surface area (Å²) in [6.07, 6.45) is 11.2. The molecule has 0 N–H and O–H groups in total.